The summed E-state index contributed by atoms with van der Waals surface area (Å²) in [5.74, 6) is -0.934. The van der Waals surface area contributed by atoms with Gasteiger partial charge in [0.05, 0.1) is 11.1 Å². The van der Waals surface area contributed by atoms with Gasteiger partial charge < -0.3 is 10.4 Å². The first-order valence-electron chi connectivity index (χ1n) is 8.23. The average Bonchev–Trinajstić information content (AvgIpc) is 2.70. The van der Waals surface area contributed by atoms with Gasteiger partial charge in [0.25, 0.3) is 0 Å². The normalized spacial score (nSPS) is 11.5. The van der Waals surface area contributed by atoms with Crippen molar-refractivity contribution in [1.29, 1.82) is 0 Å². The second-order valence-electron chi connectivity index (χ2n) is 5.65. The van der Waals surface area contributed by atoms with E-state index in [4.69, 9.17) is 5.11 Å². The van der Waals surface area contributed by atoms with Crippen LogP contribution in [0.15, 0.2) is 91.1 Å². The summed E-state index contributed by atoms with van der Waals surface area (Å²) in [6, 6.07) is 26.5. The highest BCUT2D eigenvalue weighted by molar-refractivity contribution is 6.08. The Morgan fingerprint density at radius 2 is 1.38 bits per heavy atom. The molecule has 0 radical (unpaired) electrons. The smallest absolute Gasteiger partial charge is 0.335 e. The van der Waals surface area contributed by atoms with Gasteiger partial charge >= 0.3 is 5.97 Å². The molecule has 3 rings (SSSR count). The van der Waals surface area contributed by atoms with Crippen LogP contribution < -0.4 is 10.3 Å². The summed E-state index contributed by atoms with van der Waals surface area (Å²) in [6.45, 7) is 0. The number of nitrogens with one attached hydrogen (secondary N) is 2. The van der Waals surface area contributed by atoms with Crippen LogP contribution in [-0.2, 0) is 0 Å². The van der Waals surface area contributed by atoms with E-state index in [0.717, 1.165) is 22.5 Å². The van der Waals surface area contributed by atoms with Crippen molar-refractivity contribution in [3.8, 4) is 0 Å². The lowest BCUT2D eigenvalue weighted by Crippen LogP contribution is -2.61. The number of carboxylic acid groups (broad SMARTS) is 1. The van der Waals surface area contributed by atoms with Crippen LogP contribution in [0.3, 0.4) is 0 Å². The molecule has 4 nitrogen and oxygen atoms in total. The first-order valence-corrected chi connectivity index (χ1v) is 8.23. The standard InChI is InChI=1S/C22H18N2O2/c25-22(26)18-13-11-17(12-14-18)19(15-23-20-7-3-1-4-8-20)16-24-21-9-5-2-6-10-21/h1-16,23H,(H,25,26)/p+1/b19-15-,24-16?. The van der Waals surface area contributed by atoms with Crippen molar-refractivity contribution in [2.45, 2.75) is 0 Å². The van der Waals surface area contributed by atoms with Crippen molar-refractivity contribution in [2.75, 3.05) is 5.32 Å². The lowest BCUT2D eigenvalue weighted by atomic mass is 10.1. The quantitative estimate of drug-likeness (QED) is 0.602. The molecule has 0 amide bonds. The maximum atomic E-state index is 11.1. The van der Waals surface area contributed by atoms with Gasteiger partial charge in [0.2, 0.25) is 5.69 Å². The number of hydrogen-bond acceptors (Lipinski definition) is 2. The van der Waals surface area contributed by atoms with Gasteiger partial charge in [0.1, 0.15) is 0 Å². The maximum absolute atomic E-state index is 11.1. The number of benzene rings is 3. The Balaban J connectivity index is 1.90. The monoisotopic (exact) mass is 343 g/mol. The zero-order chi connectivity index (χ0) is 18.2. The van der Waals surface area contributed by atoms with E-state index < -0.39 is 5.97 Å². The van der Waals surface area contributed by atoms with E-state index in [-0.39, 0.29) is 5.56 Å². The molecular weight excluding hydrogens is 324 g/mol. The molecule has 0 saturated heterocycles. The van der Waals surface area contributed by atoms with Crippen LogP contribution in [-0.4, -0.2) is 17.3 Å². The predicted molar refractivity (Wildman–Crippen MR) is 105 cm³/mol. The molecule has 0 fully saturated rings. The highest BCUT2D eigenvalue weighted by Gasteiger charge is 2.06. The molecule has 3 N–H and O–H groups in total. The number of carbonyl (C=O) groups is 1. The van der Waals surface area contributed by atoms with Crippen LogP contribution in [0.25, 0.3) is 5.57 Å². The Morgan fingerprint density at radius 1 is 0.808 bits per heavy atom. The molecule has 0 unspecified atom stereocenters. The van der Waals surface area contributed by atoms with Crippen LogP contribution >= 0.6 is 0 Å². The summed E-state index contributed by atoms with van der Waals surface area (Å²) >= 11 is 0. The molecule has 0 aliphatic rings. The van der Waals surface area contributed by atoms with Gasteiger partial charge in [0.15, 0.2) is 6.21 Å². The SMILES string of the molecule is O=C(O)c1ccc(/C(C=[NH+]c2ccccc2)=C\Nc2ccccc2)cc1. The van der Waals surface area contributed by atoms with E-state index >= 15 is 0 Å². The Morgan fingerprint density at radius 3 is 2.00 bits per heavy atom. The molecule has 26 heavy (non-hydrogen) atoms. The average molecular weight is 343 g/mol. The van der Waals surface area contributed by atoms with E-state index in [9.17, 15) is 4.79 Å². The Labute approximate surface area is 152 Å². The molecule has 4 heteroatoms. The largest absolute Gasteiger partial charge is 0.478 e. The number of hydrogen-bond donors (Lipinski definition) is 3. The zero-order valence-corrected chi connectivity index (χ0v) is 14.1. The molecule has 0 atom stereocenters. The third-order valence-corrected chi connectivity index (χ3v) is 3.80. The number of allylic oxidation sites excluding steroid dienone is 1. The van der Waals surface area contributed by atoms with Gasteiger partial charge in [-0.2, -0.15) is 0 Å². The number of aromatic carboxylic acids is 1. The van der Waals surface area contributed by atoms with Crippen molar-refractivity contribution >= 4 is 29.1 Å². The van der Waals surface area contributed by atoms with Crippen LogP contribution in [0.4, 0.5) is 11.4 Å². The Hall–Kier alpha value is -3.66. The molecule has 0 saturated carbocycles. The summed E-state index contributed by atoms with van der Waals surface area (Å²) in [6.07, 6.45) is 3.78. The van der Waals surface area contributed by atoms with E-state index in [1.807, 2.05) is 73.1 Å². The van der Waals surface area contributed by atoms with Gasteiger partial charge in [-0.15, -0.1) is 0 Å². The highest BCUT2D eigenvalue weighted by Crippen LogP contribution is 2.14. The van der Waals surface area contributed by atoms with Crippen LogP contribution in [0.5, 0.6) is 0 Å². The minimum Gasteiger partial charge on any atom is -0.478 e. The minimum atomic E-state index is -0.934. The van der Waals surface area contributed by atoms with Crippen molar-refractivity contribution in [3.63, 3.8) is 0 Å². The number of para-hydroxylation sites is 2. The molecule has 0 spiro atoms. The van der Waals surface area contributed by atoms with Crippen molar-refractivity contribution in [3.05, 3.63) is 102 Å². The lowest BCUT2D eigenvalue weighted by molar-refractivity contribution is -0.346. The highest BCUT2D eigenvalue weighted by atomic mass is 16.4. The van der Waals surface area contributed by atoms with E-state index in [2.05, 4.69) is 10.3 Å². The van der Waals surface area contributed by atoms with Crippen molar-refractivity contribution in [1.82, 2.24) is 0 Å². The topological polar surface area (TPSA) is 63.3 Å². The molecule has 0 bridgehead atoms. The lowest BCUT2D eigenvalue weighted by Gasteiger charge is -2.04. The second-order valence-corrected chi connectivity index (χ2v) is 5.65. The summed E-state index contributed by atoms with van der Waals surface area (Å²) in [5, 5.41) is 12.3. The van der Waals surface area contributed by atoms with E-state index in [0.29, 0.717) is 0 Å². The first-order chi connectivity index (χ1) is 12.7. The fourth-order valence-corrected chi connectivity index (χ4v) is 2.40. The van der Waals surface area contributed by atoms with E-state index in [1.165, 1.54) is 0 Å². The van der Waals surface area contributed by atoms with Gasteiger partial charge in [-0.1, -0.05) is 48.5 Å². The molecule has 0 aromatic heterocycles. The van der Waals surface area contributed by atoms with Gasteiger partial charge in [-0.3, -0.25) is 0 Å². The molecule has 0 heterocycles. The summed E-state index contributed by atoms with van der Waals surface area (Å²) in [5.41, 5.74) is 4.01. The number of rotatable bonds is 6. The van der Waals surface area contributed by atoms with Gasteiger partial charge in [-0.05, 0) is 29.8 Å². The predicted octanol–water partition coefficient (Wildman–Crippen LogP) is 3.32. The molecular formula is C22H19N2O2+. The summed E-state index contributed by atoms with van der Waals surface area (Å²) in [4.78, 5) is 14.3. The fourth-order valence-electron chi connectivity index (χ4n) is 2.40. The molecule has 3 aromatic carbocycles. The summed E-state index contributed by atoms with van der Waals surface area (Å²) < 4.78 is 0. The van der Waals surface area contributed by atoms with Gasteiger partial charge in [0, 0.05) is 24.0 Å². The third kappa shape index (κ3) is 4.68. The Kier molecular flexibility index (Phi) is 5.58. The summed E-state index contributed by atoms with van der Waals surface area (Å²) in [7, 11) is 0. The van der Waals surface area contributed by atoms with E-state index in [1.54, 1.807) is 24.3 Å². The maximum Gasteiger partial charge on any atom is 0.335 e. The first kappa shape index (κ1) is 17.2. The number of anilines is 1. The molecule has 0 aliphatic carbocycles. The van der Waals surface area contributed by atoms with Crippen LogP contribution in [0, 0.1) is 0 Å². The Bertz CT molecular complexity index is 915. The van der Waals surface area contributed by atoms with Crippen LogP contribution in [0.1, 0.15) is 15.9 Å². The zero-order valence-electron chi connectivity index (χ0n) is 14.1. The fraction of sp³-hybridized carbons (Fsp3) is 0. The van der Waals surface area contributed by atoms with Crippen LogP contribution in [0.2, 0.25) is 0 Å². The van der Waals surface area contributed by atoms with Gasteiger partial charge in [-0.25, -0.2) is 9.79 Å². The molecule has 3 aromatic rings. The molecule has 128 valence electrons. The van der Waals surface area contributed by atoms with Crippen molar-refractivity contribution < 1.29 is 14.9 Å². The third-order valence-electron chi connectivity index (χ3n) is 3.80. The second kappa shape index (κ2) is 8.44. The number of carboxylic acids is 1. The van der Waals surface area contributed by atoms with Crippen molar-refractivity contribution in [2.24, 2.45) is 0 Å². The minimum absolute atomic E-state index is 0.264. The molecule has 0 aliphatic heterocycles.